The summed E-state index contributed by atoms with van der Waals surface area (Å²) in [6, 6.07) is 18.0. The molecule has 0 spiro atoms. The lowest BCUT2D eigenvalue weighted by molar-refractivity contribution is -0.118. The first-order chi connectivity index (χ1) is 17.9. The van der Waals surface area contributed by atoms with E-state index in [-0.39, 0.29) is 25.2 Å². The number of rotatable bonds is 7. The Morgan fingerprint density at radius 1 is 1.08 bits per heavy atom. The Bertz CT molecular complexity index is 1420. The van der Waals surface area contributed by atoms with Gasteiger partial charge in [0.15, 0.2) is 33.9 Å². The molecular formula is C27H22N2O6S2. The Morgan fingerprint density at radius 2 is 1.86 bits per heavy atom. The van der Waals surface area contributed by atoms with Gasteiger partial charge in [-0.3, -0.25) is 14.5 Å². The van der Waals surface area contributed by atoms with Gasteiger partial charge in [0.25, 0.3) is 11.8 Å². The summed E-state index contributed by atoms with van der Waals surface area (Å²) in [6.07, 6.45) is 1.74. The molecule has 0 bridgehead atoms. The number of benzene rings is 3. The maximum atomic E-state index is 13.2. The summed E-state index contributed by atoms with van der Waals surface area (Å²) in [5.41, 5.74) is 3.13. The number of aryl methyl sites for hydroxylation is 1. The number of anilines is 2. The lowest BCUT2D eigenvalue weighted by atomic mass is 10.1. The van der Waals surface area contributed by atoms with Crippen molar-refractivity contribution in [2.45, 2.75) is 6.92 Å². The van der Waals surface area contributed by atoms with Gasteiger partial charge in [-0.05, 0) is 55.0 Å². The van der Waals surface area contributed by atoms with Crippen molar-refractivity contribution in [2.24, 2.45) is 0 Å². The van der Waals surface area contributed by atoms with E-state index in [1.165, 1.54) is 23.8 Å². The van der Waals surface area contributed by atoms with Crippen LogP contribution in [-0.4, -0.2) is 36.6 Å². The fraction of sp³-hybridized carbons (Fsp3) is 0.148. The Hall–Kier alpha value is -4.02. The van der Waals surface area contributed by atoms with Gasteiger partial charge in [-0.25, -0.2) is 0 Å². The minimum absolute atomic E-state index is 0.149. The number of thiocarbonyl (C=S) groups is 1. The quantitative estimate of drug-likeness (QED) is 0.329. The number of hydrogen-bond acceptors (Lipinski definition) is 8. The third kappa shape index (κ3) is 5.40. The van der Waals surface area contributed by atoms with Crippen LogP contribution in [0.4, 0.5) is 11.4 Å². The maximum absolute atomic E-state index is 13.2. The number of hydrogen-bond donors (Lipinski definition) is 1. The molecular weight excluding hydrogens is 512 g/mol. The van der Waals surface area contributed by atoms with Crippen LogP contribution in [0.3, 0.4) is 0 Å². The lowest BCUT2D eigenvalue weighted by Gasteiger charge is -2.14. The van der Waals surface area contributed by atoms with Crippen LogP contribution < -0.4 is 29.2 Å². The van der Waals surface area contributed by atoms with Gasteiger partial charge in [-0.2, -0.15) is 0 Å². The molecule has 37 heavy (non-hydrogen) atoms. The number of amides is 2. The summed E-state index contributed by atoms with van der Waals surface area (Å²) in [5.74, 6) is 1.52. The lowest BCUT2D eigenvalue weighted by Crippen LogP contribution is -2.27. The summed E-state index contributed by atoms with van der Waals surface area (Å²) in [4.78, 5) is 27.4. The van der Waals surface area contributed by atoms with Crippen LogP contribution in [0.2, 0.25) is 0 Å². The molecule has 1 fully saturated rings. The van der Waals surface area contributed by atoms with E-state index >= 15 is 0 Å². The molecule has 0 aliphatic carbocycles. The minimum atomic E-state index is -0.290. The van der Waals surface area contributed by atoms with E-state index in [9.17, 15) is 9.59 Å². The molecule has 0 aromatic heterocycles. The second-order valence-corrected chi connectivity index (χ2v) is 9.84. The van der Waals surface area contributed by atoms with Crippen LogP contribution in [0.1, 0.15) is 11.1 Å². The average Bonchev–Trinajstić information content (AvgIpc) is 3.47. The molecule has 2 heterocycles. The number of nitrogens with one attached hydrogen (secondary N) is 1. The van der Waals surface area contributed by atoms with E-state index in [2.05, 4.69) is 5.32 Å². The van der Waals surface area contributed by atoms with Gasteiger partial charge in [0, 0.05) is 11.8 Å². The standard InChI is InChI=1S/C27H22N2O6S2/c1-16-3-6-18(7-4-16)28-25(30)14-33-20-9-5-17(11-22(20)32-2)12-24-26(31)29(27(36)37-24)19-8-10-21-23(13-19)35-15-34-21/h3-13H,14-15H2,1-2H3,(H,28,30)/b24-12-. The molecule has 0 atom stereocenters. The van der Waals surface area contributed by atoms with Gasteiger partial charge in [0.2, 0.25) is 6.79 Å². The van der Waals surface area contributed by atoms with Crippen LogP contribution in [0.5, 0.6) is 23.0 Å². The van der Waals surface area contributed by atoms with Gasteiger partial charge in [0.1, 0.15) is 0 Å². The van der Waals surface area contributed by atoms with Crippen molar-refractivity contribution in [2.75, 3.05) is 30.7 Å². The Morgan fingerprint density at radius 3 is 2.65 bits per heavy atom. The van der Waals surface area contributed by atoms with Crippen LogP contribution in [0.15, 0.2) is 65.6 Å². The molecule has 2 amide bonds. The molecule has 5 rings (SSSR count). The first kappa shape index (κ1) is 24.7. The number of methoxy groups -OCH3 is 1. The Kier molecular flexibility index (Phi) is 7.02. The number of carbonyl (C=O) groups excluding carboxylic acids is 2. The molecule has 3 aromatic rings. The molecule has 2 aliphatic rings. The first-order valence-electron chi connectivity index (χ1n) is 11.3. The second-order valence-electron chi connectivity index (χ2n) is 8.17. The van der Waals surface area contributed by atoms with Gasteiger partial charge in [-0.1, -0.05) is 47.7 Å². The molecule has 3 aromatic carbocycles. The molecule has 1 N–H and O–H groups in total. The van der Waals surface area contributed by atoms with E-state index in [4.69, 9.17) is 31.2 Å². The fourth-order valence-corrected chi connectivity index (χ4v) is 5.04. The zero-order chi connectivity index (χ0) is 25.9. The maximum Gasteiger partial charge on any atom is 0.270 e. The summed E-state index contributed by atoms with van der Waals surface area (Å²) in [5, 5.41) is 2.79. The average molecular weight is 535 g/mol. The van der Waals surface area contributed by atoms with Crippen molar-refractivity contribution in [3.05, 3.63) is 76.7 Å². The summed E-state index contributed by atoms with van der Waals surface area (Å²) < 4.78 is 22.3. The van der Waals surface area contributed by atoms with Crippen molar-refractivity contribution < 1.29 is 28.5 Å². The van der Waals surface area contributed by atoms with Gasteiger partial charge >= 0.3 is 0 Å². The Balaban J connectivity index is 1.27. The van der Waals surface area contributed by atoms with E-state index in [0.29, 0.717) is 43.6 Å². The third-order valence-electron chi connectivity index (χ3n) is 5.59. The molecule has 0 radical (unpaired) electrons. The first-order valence-corrected chi connectivity index (χ1v) is 12.5. The molecule has 2 aliphatic heterocycles. The smallest absolute Gasteiger partial charge is 0.270 e. The monoisotopic (exact) mass is 534 g/mol. The fourth-order valence-electron chi connectivity index (χ4n) is 3.74. The largest absolute Gasteiger partial charge is 0.493 e. The van der Waals surface area contributed by atoms with Crippen LogP contribution in [0, 0.1) is 6.92 Å². The zero-order valence-corrected chi connectivity index (χ0v) is 21.6. The molecule has 0 saturated carbocycles. The number of ether oxygens (including phenoxy) is 4. The molecule has 8 nitrogen and oxygen atoms in total. The predicted molar refractivity (Wildman–Crippen MR) is 147 cm³/mol. The molecule has 10 heteroatoms. The molecule has 1 saturated heterocycles. The summed E-state index contributed by atoms with van der Waals surface area (Å²) >= 11 is 6.68. The summed E-state index contributed by atoms with van der Waals surface area (Å²) in [7, 11) is 1.51. The van der Waals surface area contributed by atoms with Crippen molar-refractivity contribution in [3.63, 3.8) is 0 Å². The van der Waals surface area contributed by atoms with Crippen molar-refractivity contribution >= 4 is 57.6 Å². The SMILES string of the molecule is COc1cc(/C=C2\SC(=S)N(c3ccc4c(c3)OCO4)C2=O)ccc1OCC(=O)Nc1ccc(C)cc1. The second kappa shape index (κ2) is 10.5. The van der Waals surface area contributed by atoms with E-state index in [1.54, 1.807) is 42.5 Å². The minimum Gasteiger partial charge on any atom is -0.493 e. The van der Waals surface area contributed by atoms with E-state index in [1.807, 2.05) is 31.2 Å². The van der Waals surface area contributed by atoms with Crippen molar-refractivity contribution in [1.82, 2.24) is 0 Å². The Labute approximate surface area is 223 Å². The summed E-state index contributed by atoms with van der Waals surface area (Å²) in [6.45, 7) is 1.94. The van der Waals surface area contributed by atoms with Gasteiger partial charge in [-0.15, -0.1) is 0 Å². The highest BCUT2D eigenvalue weighted by Gasteiger charge is 2.34. The highest BCUT2D eigenvalue weighted by atomic mass is 32.2. The highest BCUT2D eigenvalue weighted by Crippen LogP contribution is 2.41. The van der Waals surface area contributed by atoms with Gasteiger partial charge < -0.3 is 24.3 Å². The zero-order valence-electron chi connectivity index (χ0n) is 20.0. The van der Waals surface area contributed by atoms with Crippen LogP contribution in [0.25, 0.3) is 6.08 Å². The number of fused-ring (bicyclic) bond motifs is 1. The topological polar surface area (TPSA) is 86.3 Å². The van der Waals surface area contributed by atoms with Crippen LogP contribution >= 0.6 is 24.0 Å². The van der Waals surface area contributed by atoms with Gasteiger partial charge in [0.05, 0.1) is 17.7 Å². The number of thioether (sulfide) groups is 1. The third-order valence-corrected chi connectivity index (χ3v) is 6.89. The normalized spacial score (nSPS) is 15.3. The highest BCUT2D eigenvalue weighted by molar-refractivity contribution is 8.27. The number of carbonyl (C=O) groups is 2. The van der Waals surface area contributed by atoms with E-state index < -0.39 is 0 Å². The van der Waals surface area contributed by atoms with Crippen molar-refractivity contribution in [3.8, 4) is 23.0 Å². The van der Waals surface area contributed by atoms with Crippen LogP contribution in [-0.2, 0) is 9.59 Å². The predicted octanol–water partition coefficient (Wildman–Crippen LogP) is 5.16. The number of nitrogens with zero attached hydrogens (tertiary/aromatic N) is 1. The van der Waals surface area contributed by atoms with Crippen molar-refractivity contribution in [1.29, 1.82) is 0 Å². The molecule has 188 valence electrons. The van der Waals surface area contributed by atoms with E-state index in [0.717, 1.165) is 11.1 Å². The molecule has 0 unspecified atom stereocenters.